The molecule has 0 bridgehead atoms. The van der Waals surface area contributed by atoms with Crippen molar-refractivity contribution >= 4 is 0 Å². The van der Waals surface area contributed by atoms with Gasteiger partial charge in [0.05, 0.1) is 5.54 Å². The van der Waals surface area contributed by atoms with Crippen molar-refractivity contribution in [2.45, 2.75) is 51.0 Å². The van der Waals surface area contributed by atoms with Crippen LogP contribution in [0, 0.1) is 0 Å². The quantitative estimate of drug-likeness (QED) is 0.863. The molecule has 0 heterocycles. The summed E-state index contributed by atoms with van der Waals surface area (Å²) in [6.45, 7) is 4.53. The number of fused-ring (bicyclic) bond motifs is 1. The average Bonchev–Trinajstić information content (AvgIpc) is 2.52. The minimum atomic E-state index is -0.326. The molecule has 0 saturated heterocycles. The molecule has 3 rings (SSSR count). The van der Waals surface area contributed by atoms with Crippen LogP contribution in [0.1, 0.15) is 61.3 Å². The van der Waals surface area contributed by atoms with Crippen LogP contribution in [0.15, 0.2) is 48.5 Å². The summed E-state index contributed by atoms with van der Waals surface area (Å²) in [5.41, 5.74) is 11.9. The van der Waals surface area contributed by atoms with Crippen molar-refractivity contribution in [2.75, 3.05) is 0 Å². The number of hydrogen-bond acceptors (Lipinski definition) is 1. The van der Waals surface area contributed by atoms with Crippen LogP contribution in [0.2, 0.25) is 0 Å². The van der Waals surface area contributed by atoms with Crippen molar-refractivity contribution in [3.05, 3.63) is 70.8 Å². The Morgan fingerprint density at radius 1 is 1.10 bits per heavy atom. The first kappa shape index (κ1) is 14.3. The molecule has 2 N–H and O–H groups in total. The van der Waals surface area contributed by atoms with Gasteiger partial charge in [-0.2, -0.15) is 0 Å². The topological polar surface area (TPSA) is 26.0 Å². The second-order valence-corrected chi connectivity index (χ2v) is 6.45. The smallest absolute Gasteiger partial charge is 0.0668 e. The lowest BCUT2D eigenvalue weighted by Gasteiger charge is -2.39. The van der Waals surface area contributed by atoms with E-state index in [-0.39, 0.29) is 5.54 Å². The standard InChI is InChI=1S/C20H25N/c1-3-6-16-9-11-17(12-10-16)20(21)14-13-15(2)18-7-4-5-8-19(18)20/h4-5,7-12,15H,3,6,13-14,21H2,1-2H3. The normalized spacial score (nSPS) is 24.6. The number of benzene rings is 2. The minimum absolute atomic E-state index is 0.326. The lowest BCUT2D eigenvalue weighted by molar-refractivity contribution is 0.412. The van der Waals surface area contributed by atoms with E-state index in [4.69, 9.17) is 5.73 Å². The maximum absolute atomic E-state index is 6.88. The predicted molar refractivity (Wildman–Crippen MR) is 89.5 cm³/mol. The summed E-state index contributed by atoms with van der Waals surface area (Å²) in [7, 11) is 0. The van der Waals surface area contributed by atoms with Crippen molar-refractivity contribution < 1.29 is 0 Å². The molecule has 1 aliphatic carbocycles. The van der Waals surface area contributed by atoms with E-state index < -0.39 is 0 Å². The van der Waals surface area contributed by atoms with Crippen molar-refractivity contribution in [3.8, 4) is 0 Å². The van der Waals surface area contributed by atoms with Crippen LogP contribution >= 0.6 is 0 Å². The Morgan fingerprint density at radius 3 is 2.52 bits per heavy atom. The van der Waals surface area contributed by atoms with Gasteiger partial charge in [-0.05, 0) is 47.4 Å². The Bertz CT molecular complexity index is 614. The molecule has 0 saturated carbocycles. The van der Waals surface area contributed by atoms with Crippen LogP contribution < -0.4 is 5.73 Å². The molecule has 0 radical (unpaired) electrons. The highest BCUT2D eigenvalue weighted by Crippen LogP contribution is 2.43. The lowest BCUT2D eigenvalue weighted by Crippen LogP contribution is -2.41. The summed E-state index contributed by atoms with van der Waals surface area (Å²) in [5, 5.41) is 0. The summed E-state index contributed by atoms with van der Waals surface area (Å²) in [4.78, 5) is 0. The Kier molecular flexibility index (Phi) is 3.86. The molecular formula is C20H25N. The van der Waals surface area contributed by atoms with Gasteiger partial charge >= 0.3 is 0 Å². The van der Waals surface area contributed by atoms with Crippen molar-refractivity contribution in [2.24, 2.45) is 5.73 Å². The Morgan fingerprint density at radius 2 is 1.81 bits per heavy atom. The van der Waals surface area contributed by atoms with Gasteiger partial charge in [0.2, 0.25) is 0 Å². The molecule has 2 aromatic carbocycles. The van der Waals surface area contributed by atoms with Crippen LogP contribution in [-0.2, 0) is 12.0 Å². The van der Waals surface area contributed by atoms with Gasteiger partial charge in [-0.25, -0.2) is 0 Å². The molecule has 2 unspecified atom stereocenters. The molecule has 1 aliphatic rings. The van der Waals surface area contributed by atoms with E-state index in [1.807, 2.05) is 0 Å². The van der Waals surface area contributed by atoms with E-state index in [2.05, 4.69) is 62.4 Å². The SMILES string of the molecule is CCCc1ccc(C2(N)CCC(C)c3ccccc32)cc1. The highest BCUT2D eigenvalue weighted by atomic mass is 14.8. The molecule has 0 aromatic heterocycles. The fourth-order valence-corrected chi connectivity index (χ4v) is 3.62. The summed E-state index contributed by atoms with van der Waals surface area (Å²) >= 11 is 0. The van der Waals surface area contributed by atoms with E-state index in [9.17, 15) is 0 Å². The molecule has 110 valence electrons. The van der Waals surface area contributed by atoms with Crippen LogP contribution in [0.3, 0.4) is 0 Å². The van der Waals surface area contributed by atoms with Crippen molar-refractivity contribution in [1.29, 1.82) is 0 Å². The maximum atomic E-state index is 6.88. The minimum Gasteiger partial charge on any atom is -0.318 e. The van der Waals surface area contributed by atoms with Gasteiger partial charge < -0.3 is 5.73 Å². The molecule has 2 aromatic rings. The van der Waals surface area contributed by atoms with Crippen LogP contribution in [0.4, 0.5) is 0 Å². The first-order valence-corrected chi connectivity index (χ1v) is 8.13. The zero-order valence-electron chi connectivity index (χ0n) is 13.1. The van der Waals surface area contributed by atoms with Crippen LogP contribution in [0.5, 0.6) is 0 Å². The van der Waals surface area contributed by atoms with Crippen molar-refractivity contribution in [3.63, 3.8) is 0 Å². The van der Waals surface area contributed by atoms with E-state index in [0.29, 0.717) is 5.92 Å². The van der Waals surface area contributed by atoms with E-state index >= 15 is 0 Å². The van der Waals surface area contributed by atoms with Crippen LogP contribution in [-0.4, -0.2) is 0 Å². The number of aryl methyl sites for hydroxylation is 1. The Labute approximate surface area is 128 Å². The monoisotopic (exact) mass is 279 g/mol. The second-order valence-electron chi connectivity index (χ2n) is 6.45. The van der Waals surface area contributed by atoms with Crippen molar-refractivity contribution in [1.82, 2.24) is 0 Å². The average molecular weight is 279 g/mol. The van der Waals surface area contributed by atoms with E-state index in [1.54, 1.807) is 0 Å². The summed E-state index contributed by atoms with van der Waals surface area (Å²) < 4.78 is 0. The number of hydrogen-bond donors (Lipinski definition) is 1. The molecule has 1 nitrogen and oxygen atoms in total. The highest BCUT2D eigenvalue weighted by Gasteiger charge is 2.36. The fourth-order valence-electron chi connectivity index (χ4n) is 3.62. The van der Waals surface area contributed by atoms with Gasteiger partial charge in [0.1, 0.15) is 0 Å². The number of rotatable bonds is 3. The first-order chi connectivity index (χ1) is 10.1. The molecule has 0 amide bonds. The largest absolute Gasteiger partial charge is 0.318 e. The Balaban J connectivity index is 2.02. The Hall–Kier alpha value is -1.60. The van der Waals surface area contributed by atoms with Gasteiger partial charge in [0.15, 0.2) is 0 Å². The molecule has 21 heavy (non-hydrogen) atoms. The van der Waals surface area contributed by atoms with Crippen LogP contribution in [0.25, 0.3) is 0 Å². The maximum Gasteiger partial charge on any atom is 0.0668 e. The third-order valence-electron chi connectivity index (χ3n) is 4.95. The zero-order valence-corrected chi connectivity index (χ0v) is 13.1. The van der Waals surface area contributed by atoms with Gasteiger partial charge in [-0.1, -0.05) is 68.8 Å². The van der Waals surface area contributed by atoms with Gasteiger partial charge in [0, 0.05) is 0 Å². The molecular weight excluding hydrogens is 254 g/mol. The first-order valence-electron chi connectivity index (χ1n) is 8.13. The third kappa shape index (κ3) is 2.51. The summed E-state index contributed by atoms with van der Waals surface area (Å²) in [5.74, 6) is 0.609. The summed E-state index contributed by atoms with van der Waals surface area (Å²) in [6.07, 6.45) is 4.52. The van der Waals surface area contributed by atoms with Gasteiger partial charge in [-0.3, -0.25) is 0 Å². The molecule has 2 atom stereocenters. The van der Waals surface area contributed by atoms with E-state index in [1.165, 1.54) is 28.7 Å². The predicted octanol–water partition coefficient (Wildman–Crippen LogP) is 4.74. The lowest BCUT2D eigenvalue weighted by atomic mass is 9.69. The summed E-state index contributed by atoms with van der Waals surface area (Å²) in [6, 6.07) is 17.7. The molecule has 0 fully saturated rings. The number of nitrogens with two attached hydrogens (primary N) is 1. The van der Waals surface area contributed by atoms with E-state index in [0.717, 1.165) is 19.3 Å². The molecule has 0 spiro atoms. The van der Waals surface area contributed by atoms with Gasteiger partial charge in [0.25, 0.3) is 0 Å². The fraction of sp³-hybridized carbons (Fsp3) is 0.400. The zero-order chi connectivity index (χ0) is 14.9. The third-order valence-corrected chi connectivity index (χ3v) is 4.95. The van der Waals surface area contributed by atoms with Gasteiger partial charge in [-0.15, -0.1) is 0 Å². The highest BCUT2D eigenvalue weighted by molar-refractivity contribution is 5.46. The molecule has 0 aliphatic heterocycles. The second kappa shape index (κ2) is 5.65. The molecule has 1 heteroatoms.